The molecule has 14 heavy (non-hydrogen) atoms. The molecule has 1 aromatic rings. The summed E-state index contributed by atoms with van der Waals surface area (Å²) in [6.45, 7) is 1.29. The Morgan fingerprint density at radius 3 is 2.50 bits per heavy atom. The van der Waals surface area contributed by atoms with Gasteiger partial charge in [-0.15, -0.1) is 0 Å². The molecule has 3 nitrogen and oxygen atoms in total. The molecule has 0 aliphatic carbocycles. The summed E-state index contributed by atoms with van der Waals surface area (Å²) in [5.74, 6) is -0.209. The van der Waals surface area contributed by atoms with Gasteiger partial charge in [0.05, 0.1) is 6.61 Å². The van der Waals surface area contributed by atoms with E-state index in [2.05, 4.69) is 0 Å². The Balaban J connectivity index is 2.93. The fourth-order valence-electron chi connectivity index (χ4n) is 1.16. The van der Waals surface area contributed by atoms with E-state index < -0.39 is 0 Å². The number of aliphatic hydroxyl groups excluding tert-OH is 1. The van der Waals surface area contributed by atoms with Gasteiger partial charge in [0.15, 0.2) is 11.6 Å². The van der Waals surface area contributed by atoms with Crippen LogP contribution in [0.1, 0.15) is 34.1 Å². The molecular formula is C11H12O3. The van der Waals surface area contributed by atoms with Crippen molar-refractivity contribution in [3.05, 3.63) is 35.4 Å². The number of hydrogen-bond donors (Lipinski definition) is 1. The molecule has 1 rings (SSSR count). The van der Waals surface area contributed by atoms with Gasteiger partial charge in [0.25, 0.3) is 0 Å². The lowest BCUT2D eigenvalue weighted by atomic mass is 10.0. The quantitative estimate of drug-likeness (QED) is 0.734. The molecule has 0 spiro atoms. The van der Waals surface area contributed by atoms with Crippen LogP contribution in [-0.4, -0.2) is 23.3 Å². The minimum Gasteiger partial charge on any atom is -0.396 e. The predicted molar refractivity (Wildman–Crippen MR) is 52.5 cm³/mol. The molecule has 0 aliphatic heterocycles. The van der Waals surface area contributed by atoms with Crippen molar-refractivity contribution in [3.63, 3.8) is 0 Å². The van der Waals surface area contributed by atoms with Gasteiger partial charge in [-0.2, -0.15) is 0 Å². The van der Waals surface area contributed by atoms with Gasteiger partial charge in [-0.25, -0.2) is 0 Å². The summed E-state index contributed by atoms with van der Waals surface area (Å²) in [5, 5.41) is 8.59. The normalized spacial score (nSPS) is 9.86. The first-order valence-electron chi connectivity index (χ1n) is 4.40. The third-order valence-electron chi connectivity index (χ3n) is 1.93. The van der Waals surface area contributed by atoms with E-state index in [1.807, 2.05) is 0 Å². The highest BCUT2D eigenvalue weighted by Gasteiger charge is 2.06. The van der Waals surface area contributed by atoms with Gasteiger partial charge in [-0.1, -0.05) is 18.2 Å². The minimum atomic E-state index is -0.164. The van der Waals surface area contributed by atoms with E-state index >= 15 is 0 Å². The smallest absolute Gasteiger partial charge is 0.165 e. The fraction of sp³-hybridized carbons (Fsp3) is 0.273. The molecule has 0 fully saturated rings. The maximum atomic E-state index is 11.3. The molecule has 0 bridgehead atoms. The number of carbonyl (C=O) groups excluding carboxylic acids is 2. The van der Waals surface area contributed by atoms with Crippen molar-refractivity contribution >= 4 is 11.6 Å². The average molecular weight is 192 g/mol. The van der Waals surface area contributed by atoms with Gasteiger partial charge in [-0.3, -0.25) is 9.59 Å². The first kappa shape index (κ1) is 10.6. The molecule has 0 saturated heterocycles. The van der Waals surface area contributed by atoms with E-state index in [1.54, 1.807) is 24.3 Å². The first-order valence-corrected chi connectivity index (χ1v) is 4.40. The van der Waals surface area contributed by atoms with Crippen LogP contribution in [0.15, 0.2) is 24.3 Å². The lowest BCUT2D eigenvalue weighted by Crippen LogP contribution is -2.03. The number of Topliss-reactive ketones (excluding diaryl/α,β-unsaturated/α-hetero) is 2. The maximum Gasteiger partial charge on any atom is 0.165 e. The van der Waals surface area contributed by atoms with Crippen molar-refractivity contribution in [2.75, 3.05) is 6.61 Å². The monoisotopic (exact) mass is 192 g/mol. The van der Waals surface area contributed by atoms with Gasteiger partial charge in [0.1, 0.15) is 0 Å². The standard InChI is InChI=1S/C11H12O3/c1-8(13)9-3-2-4-10(7-9)11(14)5-6-12/h2-4,7,12H,5-6H2,1H3. The average Bonchev–Trinajstić information content (AvgIpc) is 2.18. The molecule has 0 heterocycles. The van der Waals surface area contributed by atoms with Gasteiger partial charge in [0.2, 0.25) is 0 Å². The first-order chi connectivity index (χ1) is 6.65. The lowest BCUT2D eigenvalue weighted by molar-refractivity contribution is 0.0956. The fourth-order valence-corrected chi connectivity index (χ4v) is 1.16. The van der Waals surface area contributed by atoms with E-state index in [-0.39, 0.29) is 24.6 Å². The molecule has 74 valence electrons. The van der Waals surface area contributed by atoms with Crippen molar-refractivity contribution in [1.29, 1.82) is 0 Å². The molecular weight excluding hydrogens is 180 g/mol. The van der Waals surface area contributed by atoms with Crippen molar-refractivity contribution in [3.8, 4) is 0 Å². The summed E-state index contributed by atoms with van der Waals surface area (Å²) in [5.41, 5.74) is 1.00. The minimum absolute atomic E-state index is 0.0661. The lowest BCUT2D eigenvalue weighted by Gasteiger charge is -2.00. The van der Waals surface area contributed by atoms with Crippen LogP contribution in [0, 0.1) is 0 Å². The predicted octanol–water partition coefficient (Wildman–Crippen LogP) is 1.45. The van der Waals surface area contributed by atoms with E-state index in [0.29, 0.717) is 11.1 Å². The summed E-state index contributed by atoms with van der Waals surface area (Å²) in [7, 11) is 0. The highest BCUT2D eigenvalue weighted by atomic mass is 16.3. The third-order valence-corrected chi connectivity index (χ3v) is 1.93. The van der Waals surface area contributed by atoms with Crippen LogP contribution in [0.3, 0.4) is 0 Å². The summed E-state index contributed by atoms with van der Waals surface area (Å²) in [4.78, 5) is 22.4. The highest BCUT2D eigenvalue weighted by Crippen LogP contribution is 2.08. The van der Waals surface area contributed by atoms with E-state index in [9.17, 15) is 9.59 Å². The van der Waals surface area contributed by atoms with Crippen molar-refractivity contribution < 1.29 is 14.7 Å². The summed E-state index contributed by atoms with van der Waals surface area (Å²) in [6.07, 6.45) is 0.0986. The molecule has 0 atom stereocenters. The van der Waals surface area contributed by atoms with Crippen molar-refractivity contribution in [2.24, 2.45) is 0 Å². The van der Waals surface area contributed by atoms with Crippen LogP contribution in [0.25, 0.3) is 0 Å². The van der Waals surface area contributed by atoms with Crippen molar-refractivity contribution in [2.45, 2.75) is 13.3 Å². The Bertz CT molecular complexity index is 355. The SMILES string of the molecule is CC(=O)c1cccc(C(=O)CCO)c1. The molecule has 0 aliphatic rings. The molecule has 0 unspecified atom stereocenters. The molecule has 1 N–H and O–H groups in total. The van der Waals surface area contributed by atoms with Gasteiger partial charge < -0.3 is 5.11 Å². The number of hydrogen-bond acceptors (Lipinski definition) is 3. The van der Waals surface area contributed by atoms with Crippen LogP contribution in [0.4, 0.5) is 0 Å². The summed E-state index contributed by atoms with van der Waals surface area (Å²) in [6, 6.07) is 6.53. The zero-order chi connectivity index (χ0) is 10.6. The molecule has 1 aromatic carbocycles. The van der Waals surface area contributed by atoms with Gasteiger partial charge in [0, 0.05) is 17.5 Å². The number of carbonyl (C=O) groups is 2. The Morgan fingerprint density at radius 2 is 1.93 bits per heavy atom. The van der Waals surface area contributed by atoms with Gasteiger partial charge >= 0.3 is 0 Å². The number of rotatable bonds is 4. The number of ketones is 2. The zero-order valence-corrected chi connectivity index (χ0v) is 7.99. The molecule has 0 amide bonds. The van der Waals surface area contributed by atoms with E-state index in [4.69, 9.17) is 5.11 Å². The van der Waals surface area contributed by atoms with E-state index in [0.717, 1.165) is 0 Å². The molecule has 0 radical (unpaired) electrons. The third kappa shape index (κ3) is 2.50. The second kappa shape index (κ2) is 4.67. The Labute approximate surface area is 82.4 Å². The largest absolute Gasteiger partial charge is 0.396 e. The van der Waals surface area contributed by atoms with Crippen LogP contribution in [-0.2, 0) is 0 Å². The number of benzene rings is 1. The zero-order valence-electron chi connectivity index (χ0n) is 7.99. The summed E-state index contributed by atoms with van der Waals surface area (Å²) < 4.78 is 0. The second-order valence-electron chi connectivity index (χ2n) is 3.03. The Hall–Kier alpha value is -1.48. The second-order valence-corrected chi connectivity index (χ2v) is 3.03. The Kier molecular flexibility index (Phi) is 3.54. The Morgan fingerprint density at radius 1 is 1.29 bits per heavy atom. The topological polar surface area (TPSA) is 54.4 Å². The molecule has 0 aromatic heterocycles. The highest BCUT2D eigenvalue weighted by molar-refractivity contribution is 6.00. The van der Waals surface area contributed by atoms with E-state index in [1.165, 1.54) is 6.92 Å². The van der Waals surface area contributed by atoms with Crippen LogP contribution in [0.5, 0.6) is 0 Å². The molecule has 0 saturated carbocycles. The number of aliphatic hydroxyl groups is 1. The van der Waals surface area contributed by atoms with Crippen LogP contribution >= 0.6 is 0 Å². The summed E-state index contributed by atoms with van der Waals surface area (Å²) >= 11 is 0. The van der Waals surface area contributed by atoms with Crippen molar-refractivity contribution in [1.82, 2.24) is 0 Å². The molecule has 3 heteroatoms. The van der Waals surface area contributed by atoms with Gasteiger partial charge in [-0.05, 0) is 13.0 Å². The van der Waals surface area contributed by atoms with Crippen LogP contribution in [0.2, 0.25) is 0 Å². The maximum absolute atomic E-state index is 11.3. The van der Waals surface area contributed by atoms with Crippen LogP contribution < -0.4 is 0 Å².